The quantitative estimate of drug-likeness (QED) is 0.404. The monoisotopic (exact) mass is 197 g/mol. The summed E-state index contributed by atoms with van der Waals surface area (Å²) in [6, 6.07) is 0.841. The minimum atomic E-state index is 0.379. The van der Waals surface area contributed by atoms with Crippen LogP contribution in [0.3, 0.4) is 0 Å². The van der Waals surface area contributed by atoms with Crippen molar-refractivity contribution in [2.24, 2.45) is 10.7 Å². The molecular weight excluding hydrogens is 174 g/mol. The predicted octanol–water partition coefficient (Wildman–Crippen LogP) is 2.02. The lowest BCUT2D eigenvalue weighted by atomic mass is 10.1. The van der Waals surface area contributed by atoms with E-state index < -0.39 is 0 Å². The van der Waals surface area contributed by atoms with E-state index in [0.717, 1.165) is 0 Å². The van der Waals surface area contributed by atoms with Crippen molar-refractivity contribution in [3.63, 3.8) is 0 Å². The van der Waals surface area contributed by atoms with Gasteiger partial charge < -0.3 is 11.1 Å². The van der Waals surface area contributed by atoms with Gasteiger partial charge in [0.1, 0.15) is 0 Å². The highest BCUT2D eigenvalue weighted by Gasteiger charge is 2.11. The van der Waals surface area contributed by atoms with Gasteiger partial charge in [0.2, 0.25) is 0 Å². The smallest absolute Gasteiger partial charge is 0.189 e. The van der Waals surface area contributed by atoms with Crippen LogP contribution >= 0.6 is 0 Å². The zero-order valence-electron chi connectivity index (χ0n) is 9.42. The van der Waals surface area contributed by atoms with E-state index in [1.807, 2.05) is 0 Å². The Balaban J connectivity index is 2.38. The first kappa shape index (κ1) is 11.3. The topological polar surface area (TPSA) is 50.4 Å². The second kappa shape index (κ2) is 5.89. The standard InChI is InChI=1S/C11H23N3/c1-9(2)13-11(12)14-10-7-5-3-4-6-8-10/h9-10H,3-8H2,1-2H3,(H3,12,13,14). The van der Waals surface area contributed by atoms with Crippen LogP contribution in [-0.2, 0) is 0 Å². The van der Waals surface area contributed by atoms with Crippen LogP contribution in [0.1, 0.15) is 52.4 Å². The van der Waals surface area contributed by atoms with Crippen LogP contribution in [0.15, 0.2) is 4.99 Å². The van der Waals surface area contributed by atoms with Crippen molar-refractivity contribution >= 4 is 5.96 Å². The molecular formula is C11H23N3. The number of aliphatic imine (C=N–C) groups is 1. The van der Waals surface area contributed by atoms with Crippen molar-refractivity contribution in [2.75, 3.05) is 0 Å². The largest absolute Gasteiger partial charge is 0.370 e. The molecule has 1 aliphatic rings. The van der Waals surface area contributed by atoms with Gasteiger partial charge in [0.15, 0.2) is 5.96 Å². The Hall–Kier alpha value is -0.730. The summed E-state index contributed by atoms with van der Waals surface area (Å²) in [6.45, 7) is 4.16. The molecule has 1 aliphatic carbocycles. The van der Waals surface area contributed by atoms with Gasteiger partial charge in [-0.15, -0.1) is 0 Å². The SMILES string of the molecule is CC(C)NC(N)=NC1CCCCCC1. The van der Waals surface area contributed by atoms with Gasteiger partial charge in [-0.05, 0) is 26.7 Å². The zero-order chi connectivity index (χ0) is 10.4. The van der Waals surface area contributed by atoms with Crippen molar-refractivity contribution < 1.29 is 0 Å². The molecule has 14 heavy (non-hydrogen) atoms. The molecule has 0 bridgehead atoms. The van der Waals surface area contributed by atoms with E-state index in [0.29, 0.717) is 18.0 Å². The predicted molar refractivity (Wildman–Crippen MR) is 61.4 cm³/mol. The Kier molecular flexibility index (Phi) is 4.77. The molecule has 0 unspecified atom stereocenters. The summed E-state index contributed by atoms with van der Waals surface area (Å²) in [5.41, 5.74) is 5.80. The Labute approximate surface area is 87.2 Å². The summed E-state index contributed by atoms with van der Waals surface area (Å²) in [7, 11) is 0. The molecule has 3 heteroatoms. The van der Waals surface area contributed by atoms with Crippen molar-refractivity contribution in [3.8, 4) is 0 Å². The first-order valence-corrected chi connectivity index (χ1v) is 5.78. The van der Waals surface area contributed by atoms with Gasteiger partial charge in [-0.2, -0.15) is 0 Å². The van der Waals surface area contributed by atoms with E-state index in [1.54, 1.807) is 0 Å². The van der Waals surface area contributed by atoms with Crippen molar-refractivity contribution in [2.45, 2.75) is 64.5 Å². The fourth-order valence-electron chi connectivity index (χ4n) is 1.92. The normalized spacial score (nSPS) is 20.9. The molecule has 0 atom stereocenters. The van der Waals surface area contributed by atoms with Crippen LogP contribution in [-0.4, -0.2) is 18.0 Å². The Morgan fingerprint density at radius 3 is 2.29 bits per heavy atom. The molecule has 1 rings (SSSR count). The van der Waals surface area contributed by atoms with Gasteiger partial charge in [-0.25, -0.2) is 0 Å². The Bertz CT molecular complexity index is 179. The zero-order valence-corrected chi connectivity index (χ0v) is 9.42. The fourth-order valence-corrected chi connectivity index (χ4v) is 1.92. The van der Waals surface area contributed by atoms with Crippen LogP contribution in [0.4, 0.5) is 0 Å². The number of guanidine groups is 1. The lowest BCUT2D eigenvalue weighted by Gasteiger charge is -2.13. The van der Waals surface area contributed by atoms with Gasteiger partial charge in [-0.3, -0.25) is 4.99 Å². The lowest BCUT2D eigenvalue weighted by molar-refractivity contribution is 0.578. The first-order valence-electron chi connectivity index (χ1n) is 5.78. The van der Waals surface area contributed by atoms with Crippen LogP contribution in [0.25, 0.3) is 0 Å². The summed E-state index contributed by atoms with van der Waals surface area (Å²) in [4.78, 5) is 4.52. The summed E-state index contributed by atoms with van der Waals surface area (Å²) >= 11 is 0. The summed E-state index contributed by atoms with van der Waals surface area (Å²) in [5, 5.41) is 3.14. The van der Waals surface area contributed by atoms with Gasteiger partial charge in [0.05, 0.1) is 6.04 Å². The molecule has 1 saturated carbocycles. The molecule has 0 radical (unpaired) electrons. The molecule has 3 nitrogen and oxygen atoms in total. The Morgan fingerprint density at radius 1 is 1.21 bits per heavy atom. The van der Waals surface area contributed by atoms with E-state index in [9.17, 15) is 0 Å². The number of hydrogen-bond donors (Lipinski definition) is 2. The summed E-state index contributed by atoms with van der Waals surface area (Å²) < 4.78 is 0. The van der Waals surface area contributed by atoms with Crippen molar-refractivity contribution in [3.05, 3.63) is 0 Å². The molecule has 0 heterocycles. The van der Waals surface area contributed by atoms with E-state index in [1.165, 1.54) is 38.5 Å². The van der Waals surface area contributed by atoms with E-state index in [4.69, 9.17) is 5.73 Å². The van der Waals surface area contributed by atoms with Gasteiger partial charge in [0, 0.05) is 6.04 Å². The van der Waals surface area contributed by atoms with Crippen molar-refractivity contribution in [1.29, 1.82) is 0 Å². The molecule has 0 saturated heterocycles. The second-order valence-corrected chi connectivity index (χ2v) is 4.46. The lowest BCUT2D eigenvalue weighted by Crippen LogP contribution is -2.37. The van der Waals surface area contributed by atoms with Crippen LogP contribution < -0.4 is 11.1 Å². The highest BCUT2D eigenvalue weighted by Crippen LogP contribution is 2.19. The van der Waals surface area contributed by atoms with Gasteiger partial charge in [-0.1, -0.05) is 25.7 Å². The molecule has 0 aromatic carbocycles. The molecule has 0 spiro atoms. The summed E-state index contributed by atoms with van der Waals surface area (Å²) in [6.07, 6.45) is 7.76. The van der Waals surface area contributed by atoms with Crippen LogP contribution in [0.5, 0.6) is 0 Å². The highest BCUT2D eigenvalue weighted by molar-refractivity contribution is 5.78. The maximum Gasteiger partial charge on any atom is 0.189 e. The fraction of sp³-hybridized carbons (Fsp3) is 0.909. The minimum absolute atomic E-state index is 0.379. The summed E-state index contributed by atoms with van der Waals surface area (Å²) in [5.74, 6) is 0.617. The maximum absolute atomic E-state index is 5.80. The number of hydrogen-bond acceptors (Lipinski definition) is 1. The van der Waals surface area contributed by atoms with Crippen LogP contribution in [0, 0.1) is 0 Å². The third-order valence-corrected chi connectivity index (χ3v) is 2.58. The highest BCUT2D eigenvalue weighted by atomic mass is 15.1. The average Bonchev–Trinajstić information content (AvgIpc) is 2.31. The van der Waals surface area contributed by atoms with Gasteiger partial charge >= 0.3 is 0 Å². The molecule has 1 fully saturated rings. The third kappa shape index (κ3) is 4.49. The molecule has 0 aliphatic heterocycles. The van der Waals surface area contributed by atoms with E-state index >= 15 is 0 Å². The first-order chi connectivity index (χ1) is 6.68. The third-order valence-electron chi connectivity index (χ3n) is 2.58. The molecule has 0 aromatic heterocycles. The average molecular weight is 197 g/mol. The van der Waals surface area contributed by atoms with E-state index in [-0.39, 0.29) is 0 Å². The van der Waals surface area contributed by atoms with Crippen molar-refractivity contribution in [1.82, 2.24) is 5.32 Å². The number of nitrogens with one attached hydrogen (secondary N) is 1. The van der Waals surface area contributed by atoms with E-state index in [2.05, 4.69) is 24.2 Å². The molecule has 3 N–H and O–H groups in total. The maximum atomic E-state index is 5.80. The molecule has 82 valence electrons. The number of nitrogens with zero attached hydrogens (tertiary/aromatic N) is 1. The molecule has 0 aromatic rings. The number of rotatable bonds is 2. The minimum Gasteiger partial charge on any atom is -0.370 e. The van der Waals surface area contributed by atoms with Crippen LogP contribution in [0.2, 0.25) is 0 Å². The van der Waals surface area contributed by atoms with Gasteiger partial charge in [0.25, 0.3) is 0 Å². The molecule has 0 amide bonds. The second-order valence-electron chi connectivity index (χ2n) is 4.46. The Morgan fingerprint density at radius 2 is 1.79 bits per heavy atom. The number of nitrogens with two attached hydrogens (primary N) is 1.